The van der Waals surface area contributed by atoms with Gasteiger partial charge in [-0.15, -0.1) is 0 Å². The van der Waals surface area contributed by atoms with Crippen LogP contribution in [0.15, 0.2) is 72.8 Å². The van der Waals surface area contributed by atoms with Crippen LogP contribution in [0.1, 0.15) is 112 Å². The zero-order valence-corrected chi connectivity index (χ0v) is 33.6. The molecule has 0 unspecified atom stereocenters. The highest BCUT2D eigenvalue weighted by atomic mass is 19.1. The van der Waals surface area contributed by atoms with E-state index in [-0.39, 0.29) is 51.5 Å². The van der Waals surface area contributed by atoms with E-state index in [2.05, 4.69) is 58.0 Å². The Balaban J connectivity index is 0.000000204. The summed E-state index contributed by atoms with van der Waals surface area (Å²) in [5.74, 6) is 0.625. The topological polar surface area (TPSA) is 93.1 Å². The van der Waals surface area contributed by atoms with E-state index in [1.165, 1.54) is 29.5 Å². The van der Waals surface area contributed by atoms with E-state index in [9.17, 15) is 19.8 Å². The van der Waals surface area contributed by atoms with Crippen molar-refractivity contribution in [3.05, 3.63) is 118 Å². The number of ether oxygens (including phenoxy) is 2. The van der Waals surface area contributed by atoms with Crippen molar-refractivity contribution in [2.75, 3.05) is 6.61 Å². The van der Waals surface area contributed by atoms with Crippen LogP contribution in [0.2, 0.25) is 0 Å². The molecule has 0 amide bonds. The van der Waals surface area contributed by atoms with Crippen molar-refractivity contribution in [1.82, 2.24) is 0 Å². The number of hydrogen-bond donors (Lipinski definition) is 2. The van der Waals surface area contributed by atoms with Gasteiger partial charge in [-0.1, -0.05) is 76.1 Å². The second-order valence-corrected chi connectivity index (χ2v) is 18.0. The van der Waals surface area contributed by atoms with Gasteiger partial charge in [0.1, 0.15) is 23.9 Å². The number of phenols is 1. The van der Waals surface area contributed by atoms with E-state index in [1.54, 1.807) is 12.1 Å². The fourth-order valence-electron chi connectivity index (χ4n) is 11.5. The van der Waals surface area contributed by atoms with Crippen molar-refractivity contribution in [1.29, 1.82) is 0 Å². The van der Waals surface area contributed by atoms with Crippen LogP contribution in [0.25, 0.3) is 11.1 Å². The van der Waals surface area contributed by atoms with Gasteiger partial charge in [0, 0.05) is 16.4 Å². The molecule has 3 saturated carbocycles. The molecule has 3 fully saturated rings. The first-order valence-corrected chi connectivity index (χ1v) is 20.6. The summed E-state index contributed by atoms with van der Waals surface area (Å²) in [4.78, 5) is 23.8. The molecule has 7 heteroatoms. The lowest BCUT2D eigenvalue weighted by molar-refractivity contribution is -0.145. The average Bonchev–Trinajstić information content (AvgIpc) is 3.65. The fraction of sp³-hybridized carbons (Fsp3) is 0.469. The first-order chi connectivity index (χ1) is 26.7. The van der Waals surface area contributed by atoms with E-state index >= 15 is 4.39 Å². The monoisotopic (exact) mass is 758 g/mol. The molecule has 4 aromatic rings. The van der Waals surface area contributed by atoms with Gasteiger partial charge >= 0.3 is 11.9 Å². The summed E-state index contributed by atoms with van der Waals surface area (Å²) in [6.07, 6.45) is 7.28. The van der Waals surface area contributed by atoms with E-state index < -0.39 is 5.97 Å². The fourth-order valence-corrected chi connectivity index (χ4v) is 11.5. The van der Waals surface area contributed by atoms with Gasteiger partial charge in [-0.3, -0.25) is 9.59 Å². The molecule has 5 aliphatic rings. The lowest BCUT2D eigenvalue weighted by Gasteiger charge is -2.30. The second kappa shape index (κ2) is 14.1. The molecule has 0 saturated heterocycles. The van der Waals surface area contributed by atoms with Gasteiger partial charge in [0.25, 0.3) is 0 Å². The molecule has 2 N–H and O–H groups in total. The SMILES string of the molecule is CCOC(=O)[C@H]1[C@H](C)[C@]12CCc1ccc(O)cc12.Cc1ccc(F)c(-c2ccc(COc3ccc4c(c3)[C@]3(CC4)[C@@H](C)[C@@H]3C(=O)O)cc2[C@@H]2CCCC2(C)C)c1. The number of fused-ring (bicyclic) bond motifs is 4. The van der Waals surface area contributed by atoms with Crippen molar-refractivity contribution < 1.29 is 33.7 Å². The van der Waals surface area contributed by atoms with Crippen LogP contribution >= 0.6 is 0 Å². The smallest absolute Gasteiger partial charge is 0.310 e. The van der Waals surface area contributed by atoms with Crippen LogP contribution < -0.4 is 4.74 Å². The minimum Gasteiger partial charge on any atom is -0.508 e. The molecule has 0 aliphatic heterocycles. The van der Waals surface area contributed by atoms with E-state index in [4.69, 9.17) is 9.47 Å². The maximum Gasteiger partial charge on any atom is 0.310 e. The summed E-state index contributed by atoms with van der Waals surface area (Å²) in [5, 5.41) is 19.4. The molecular formula is C49H55FO6. The highest BCUT2D eigenvalue weighted by Gasteiger charge is 2.69. The Hall–Kier alpha value is -4.65. The van der Waals surface area contributed by atoms with Crippen LogP contribution in [0.4, 0.5) is 4.39 Å². The number of aromatic hydroxyl groups is 1. The number of aliphatic carboxylic acids is 1. The number of carboxylic acid groups (broad SMARTS) is 1. The van der Waals surface area contributed by atoms with Gasteiger partial charge in [-0.25, -0.2) is 4.39 Å². The second-order valence-electron chi connectivity index (χ2n) is 18.0. The van der Waals surface area contributed by atoms with Gasteiger partial charge in [0.2, 0.25) is 0 Å². The molecule has 6 nitrogen and oxygen atoms in total. The standard InChI is InChI=1S/C34H37FO3.C15H18O3/c1-20-7-12-30(35)27(16-20)25-11-8-22(17-26(25)28-6-5-14-33(28,3)4)19-38-24-10-9-23-13-15-34(29(23)18-24)21(2)31(34)32(36)37;1-3-18-14(17)13-9(2)15(13)7-6-10-4-5-11(16)8-12(10)15/h7-12,16-18,21,28,31H,5-6,13-15,19H2,1-4H3,(H,36,37);4-5,8-9,13,16H,3,6-7H2,1-2H3/t21-,28-,31+,34-;9-,13+,15-/m00/s1. The molecule has 0 bridgehead atoms. The number of benzene rings is 4. The van der Waals surface area contributed by atoms with Crippen molar-refractivity contribution in [2.24, 2.45) is 29.1 Å². The Bertz CT molecular complexity index is 2210. The van der Waals surface area contributed by atoms with E-state index in [0.29, 0.717) is 30.6 Å². The number of phenolic OH excluding ortho intramolecular Hbond substituents is 1. The quantitative estimate of drug-likeness (QED) is 0.174. The third-order valence-electron chi connectivity index (χ3n) is 14.7. The van der Waals surface area contributed by atoms with Crippen molar-refractivity contribution >= 4 is 11.9 Å². The highest BCUT2D eigenvalue weighted by Crippen LogP contribution is 2.67. The van der Waals surface area contributed by atoms with Crippen molar-refractivity contribution in [3.63, 3.8) is 0 Å². The molecule has 0 heterocycles. The zero-order valence-electron chi connectivity index (χ0n) is 33.6. The third kappa shape index (κ3) is 6.21. The van der Waals surface area contributed by atoms with Gasteiger partial charge in [0.15, 0.2) is 0 Å². The Kier molecular flexibility index (Phi) is 9.61. The molecule has 4 aromatic carbocycles. The molecule has 0 aromatic heterocycles. The number of carbonyl (C=O) groups excluding carboxylic acids is 1. The summed E-state index contributed by atoms with van der Waals surface area (Å²) < 4.78 is 26.5. The predicted molar refractivity (Wildman–Crippen MR) is 215 cm³/mol. The molecule has 9 rings (SSSR count). The molecule has 2 spiro atoms. The Morgan fingerprint density at radius 1 is 0.821 bits per heavy atom. The first-order valence-electron chi connectivity index (χ1n) is 20.6. The maximum absolute atomic E-state index is 15.0. The number of aryl methyl sites for hydroxylation is 3. The number of carbonyl (C=O) groups is 2. The van der Waals surface area contributed by atoms with Crippen LogP contribution in [-0.2, 0) is 44.6 Å². The molecule has 294 valence electrons. The van der Waals surface area contributed by atoms with Gasteiger partial charge < -0.3 is 19.7 Å². The lowest BCUT2D eigenvalue weighted by Crippen LogP contribution is -2.17. The van der Waals surface area contributed by atoms with Crippen molar-refractivity contribution in [2.45, 2.75) is 110 Å². The normalized spacial score (nSPS) is 28.7. The van der Waals surface area contributed by atoms with E-state index in [1.807, 2.05) is 44.2 Å². The van der Waals surface area contributed by atoms with E-state index in [0.717, 1.165) is 65.7 Å². The summed E-state index contributed by atoms with van der Waals surface area (Å²) >= 11 is 0. The van der Waals surface area contributed by atoms with Crippen LogP contribution in [-0.4, -0.2) is 28.8 Å². The van der Waals surface area contributed by atoms with Crippen LogP contribution in [0, 0.1) is 41.8 Å². The summed E-state index contributed by atoms with van der Waals surface area (Å²) in [6, 6.07) is 23.4. The van der Waals surface area contributed by atoms with Gasteiger partial charge in [-0.05, 0) is 151 Å². The third-order valence-corrected chi connectivity index (χ3v) is 14.7. The maximum atomic E-state index is 15.0. The van der Waals surface area contributed by atoms with Crippen LogP contribution in [0.5, 0.6) is 11.5 Å². The predicted octanol–water partition coefficient (Wildman–Crippen LogP) is 10.6. The molecule has 7 atom stereocenters. The summed E-state index contributed by atoms with van der Waals surface area (Å²) in [7, 11) is 0. The number of halogens is 1. The summed E-state index contributed by atoms with van der Waals surface area (Å²) in [5.41, 5.74) is 9.68. The highest BCUT2D eigenvalue weighted by molar-refractivity contribution is 5.81. The number of esters is 1. The summed E-state index contributed by atoms with van der Waals surface area (Å²) in [6.45, 7) is 13.5. The lowest BCUT2D eigenvalue weighted by atomic mass is 9.75. The molecule has 56 heavy (non-hydrogen) atoms. The van der Waals surface area contributed by atoms with Crippen LogP contribution in [0.3, 0.4) is 0 Å². The average molecular weight is 759 g/mol. The molecule has 5 aliphatic carbocycles. The first kappa shape index (κ1) is 38.2. The van der Waals surface area contributed by atoms with Gasteiger partial charge in [-0.2, -0.15) is 0 Å². The van der Waals surface area contributed by atoms with Gasteiger partial charge in [0.05, 0.1) is 18.4 Å². The Morgan fingerprint density at radius 3 is 2.16 bits per heavy atom. The minimum atomic E-state index is -0.691. The Morgan fingerprint density at radius 2 is 1.50 bits per heavy atom. The van der Waals surface area contributed by atoms with Crippen molar-refractivity contribution in [3.8, 4) is 22.6 Å². The number of hydrogen-bond acceptors (Lipinski definition) is 5. The molecule has 0 radical (unpaired) electrons. The largest absolute Gasteiger partial charge is 0.508 e. The zero-order chi connectivity index (χ0) is 39.7. The number of rotatable bonds is 8. The minimum absolute atomic E-state index is 0.0273. The molecular weight excluding hydrogens is 704 g/mol. The Labute approximate surface area is 330 Å². The number of carboxylic acids is 1.